The number of amides is 2. The number of anilines is 1. The van der Waals surface area contributed by atoms with E-state index in [1.54, 1.807) is 49.4 Å². The van der Waals surface area contributed by atoms with E-state index in [9.17, 15) is 14.4 Å². The number of thioether (sulfide) groups is 1. The van der Waals surface area contributed by atoms with Crippen LogP contribution in [0.25, 0.3) is 0 Å². The zero-order valence-electron chi connectivity index (χ0n) is 15.0. The minimum Gasteiger partial charge on any atom is -0.465 e. The van der Waals surface area contributed by atoms with Crippen LogP contribution in [0.4, 0.5) is 5.69 Å². The van der Waals surface area contributed by atoms with Crippen molar-refractivity contribution in [2.45, 2.75) is 17.8 Å². The molecule has 1 N–H and O–H groups in total. The number of nitrogens with one attached hydrogen (secondary N) is 1. The fourth-order valence-corrected chi connectivity index (χ4v) is 4.99. The second-order valence-corrected chi connectivity index (χ2v) is 8.08. The van der Waals surface area contributed by atoms with Crippen LogP contribution in [0.5, 0.6) is 0 Å². The molecule has 144 valence electrons. The van der Waals surface area contributed by atoms with Gasteiger partial charge < -0.3 is 4.74 Å². The summed E-state index contributed by atoms with van der Waals surface area (Å²) in [5.41, 5.74) is 1.53. The molecule has 4 rings (SSSR count). The Labute approximate surface area is 171 Å². The molecule has 2 aromatic carbocycles. The number of ether oxygens (including phenoxy) is 1. The highest BCUT2D eigenvalue weighted by Gasteiger charge is 2.58. The lowest BCUT2D eigenvalue weighted by Crippen LogP contribution is -2.51. The van der Waals surface area contributed by atoms with E-state index in [1.165, 1.54) is 16.7 Å². The van der Waals surface area contributed by atoms with Crippen molar-refractivity contribution < 1.29 is 19.1 Å². The molecule has 0 bridgehead atoms. The third-order valence-corrected chi connectivity index (χ3v) is 6.44. The number of halogens is 1. The lowest BCUT2D eigenvalue weighted by Gasteiger charge is -2.23. The first-order chi connectivity index (χ1) is 13.5. The summed E-state index contributed by atoms with van der Waals surface area (Å²) in [7, 11) is 0. The van der Waals surface area contributed by atoms with Gasteiger partial charge in [-0.2, -0.15) is 0 Å². The normalized spacial score (nSPS) is 23.1. The van der Waals surface area contributed by atoms with Gasteiger partial charge in [0.25, 0.3) is 11.8 Å². The summed E-state index contributed by atoms with van der Waals surface area (Å²) in [6, 6.07) is 12.9. The Morgan fingerprint density at radius 1 is 1.25 bits per heavy atom. The molecule has 1 saturated heterocycles. The van der Waals surface area contributed by atoms with Crippen molar-refractivity contribution in [3.63, 3.8) is 0 Å². The first-order valence-electron chi connectivity index (χ1n) is 8.80. The highest BCUT2D eigenvalue weighted by molar-refractivity contribution is 8.01. The smallest absolute Gasteiger partial charge is 0.324 e. The third-order valence-electron chi connectivity index (χ3n) is 4.74. The van der Waals surface area contributed by atoms with Crippen molar-refractivity contribution in [1.29, 1.82) is 0 Å². The number of hydrogen-bond acceptors (Lipinski definition) is 6. The van der Waals surface area contributed by atoms with Crippen LogP contribution in [0.3, 0.4) is 0 Å². The van der Waals surface area contributed by atoms with Gasteiger partial charge in [0.1, 0.15) is 6.04 Å². The second-order valence-electron chi connectivity index (χ2n) is 6.41. The lowest BCUT2D eigenvalue weighted by atomic mass is 10.1. The fraction of sp³-hybridized carbons (Fsp3) is 0.250. The van der Waals surface area contributed by atoms with E-state index in [0.717, 1.165) is 0 Å². The molecule has 2 aromatic rings. The molecular formula is C20H17ClN2O4S. The second kappa shape index (κ2) is 7.24. The number of imide groups is 1. The first-order valence-corrected chi connectivity index (χ1v) is 10.2. The van der Waals surface area contributed by atoms with Crippen LogP contribution in [0.15, 0.2) is 48.5 Å². The van der Waals surface area contributed by atoms with E-state index in [-0.39, 0.29) is 6.61 Å². The van der Waals surface area contributed by atoms with E-state index in [0.29, 0.717) is 27.6 Å². The molecule has 0 unspecified atom stereocenters. The summed E-state index contributed by atoms with van der Waals surface area (Å²) < 4.78 is 5.09. The molecule has 8 heteroatoms. The Morgan fingerprint density at radius 3 is 2.68 bits per heavy atom. The van der Waals surface area contributed by atoms with Crippen LogP contribution < -0.4 is 10.2 Å². The lowest BCUT2D eigenvalue weighted by molar-refractivity contribution is -0.145. The van der Waals surface area contributed by atoms with Crippen LogP contribution in [0.2, 0.25) is 5.02 Å². The predicted octanol–water partition coefficient (Wildman–Crippen LogP) is 2.95. The summed E-state index contributed by atoms with van der Waals surface area (Å²) in [6.45, 7) is 2.00. The van der Waals surface area contributed by atoms with Gasteiger partial charge >= 0.3 is 5.97 Å². The van der Waals surface area contributed by atoms with Crippen LogP contribution in [0.1, 0.15) is 22.8 Å². The number of benzene rings is 2. The van der Waals surface area contributed by atoms with Crippen molar-refractivity contribution in [3.8, 4) is 0 Å². The van der Waals surface area contributed by atoms with E-state index in [2.05, 4.69) is 5.32 Å². The maximum Gasteiger partial charge on any atom is 0.324 e. The highest BCUT2D eigenvalue weighted by atomic mass is 35.5. The average Bonchev–Trinajstić information content (AvgIpc) is 3.24. The molecule has 2 amide bonds. The summed E-state index contributed by atoms with van der Waals surface area (Å²) in [5, 5.41) is 3.63. The van der Waals surface area contributed by atoms with Gasteiger partial charge in [0, 0.05) is 21.9 Å². The standard InChI is InChI=1S/C20H17ClN2O4S/c1-2-27-18(25)15-11-28-20(22-15)14-5-3-4-6-16(14)23(19(20)26)17(24)12-7-9-13(21)10-8-12/h3-10,15,22H,2,11H2,1H3/t15-,20-/m0/s1. The average molecular weight is 417 g/mol. The molecule has 28 heavy (non-hydrogen) atoms. The Morgan fingerprint density at radius 2 is 1.96 bits per heavy atom. The van der Waals surface area contributed by atoms with Crippen LogP contribution in [0, 0.1) is 0 Å². The van der Waals surface area contributed by atoms with E-state index in [1.807, 2.05) is 6.07 Å². The highest BCUT2D eigenvalue weighted by Crippen LogP contribution is 2.50. The number of rotatable bonds is 3. The maximum absolute atomic E-state index is 13.4. The Kier molecular flexibility index (Phi) is 4.91. The van der Waals surface area contributed by atoms with Crippen LogP contribution >= 0.6 is 23.4 Å². The quantitative estimate of drug-likeness (QED) is 0.612. The topological polar surface area (TPSA) is 75.7 Å². The Hall–Kier alpha value is -2.35. The molecule has 0 saturated carbocycles. The number of esters is 1. The SMILES string of the molecule is CCOC(=O)[C@@H]1CS[C@]2(N1)C(=O)N(C(=O)c1ccc(Cl)cc1)c1ccccc12. The van der Waals surface area contributed by atoms with Crippen molar-refractivity contribution in [3.05, 3.63) is 64.7 Å². The van der Waals surface area contributed by atoms with E-state index in [4.69, 9.17) is 16.3 Å². The van der Waals surface area contributed by atoms with Crippen molar-refractivity contribution >= 4 is 46.8 Å². The molecule has 6 nitrogen and oxygen atoms in total. The number of hydrogen-bond donors (Lipinski definition) is 1. The maximum atomic E-state index is 13.4. The largest absolute Gasteiger partial charge is 0.465 e. The number of carbonyl (C=O) groups excluding carboxylic acids is 3. The molecule has 2 aliphatic heterocycles. The molecule has 1 fully saturated rings. The summed E-state index contributed by atoms with van der Waals surface area (Å²) >= 11 is 7.21. The number of fused-ring (bicyclic) bond motifs is 2. The molecule has 0 aliphatic carbocycles. The Bertz CT molecular complexity index is 965. The van der Waals surface area contributed by atoms with Crippen LogP contribution in [-0.2, 0) is 19.2 Å². The van der Waals surface area contributed by atoms with E-state index >= 15 is 0 Å². The Balaban J connectivity index is 1.72. The number of nitrogens with zero attached hydrogens (tertiary/aromatic N) is 1. The van der Waals surface area contributed by atoms with Gasteiger partial charge in [0.05, 0.1) is 12.3 Å². The predicted molar refractivity (Wildman–Crippen MR) is 107 cm³/mol. The third kappa shape index (κ3) is 2.90. The number of para-hydroxylation sites is 1. The van der Waals surface area contributed by atoms with Gasteiger partial charge in [-0.15, -0.1) is 11.8 Å². The molecule has 0 aromatic heterocycles. The van der Waals surface area contributed by atoms with Crippen molar-refractivity contribution in [2.75, 3.05) is 17.3 Å². The molecule has 2 heterocycles. The first kappa shape index (κ1) is 19.0. The zero-order valence-corrected chi connectivity index (χ0v) is 16.5. The molecule has 2 atom stereocenters. The van der Waals surface area contributed by atoms with Gasteiger partial charge in [-0.25, -0.2) is 4.90 Å². The molecule has 2 aliphatic rings. The minimum atomic E-state index is -1.18. The monoisotopic (exact) mass is 416 g/mol. The number of carbonyl (C=O) groups is 3. The van der Waals surface area contributed by atoms with E-state index < -0.39 is 28.7 Å². The summed E-state index contributed by atoms with van der Waals surface area (Å²) in [4.78, 5) is 38.7. The fourth-order valence-electron chi connectivity index (χ4n) is 3.46. The van der Waals surface area contributed by atoms with Gasteiger partial charge in [0.15, 0.2) is 4.87 Å². The van der Waals surface area contributed by atoms with Crippen molar-refractivity contribution in [2.24, 2.45) is 0 Å². The van der Waals surface area contributed by atoms with Gasteiger partial charge in [-0.3, -0.25) is 19.7 Å². The van der Waals surface area contributed by atoms with Crippen molar-refractivity contribution in [1.82, 2.24) is 5.32 Å². The van der Waals surface area contributed by atoms with Gasteiger partial charge in [0.2, 0.25) is 0 Å². The minimum absolute atomic E-state index is 0.264. The van der Waals surface area contributed by atoms with Gasteiger partial charge in [-0.1, -0.05) is 29.8 Å². The zero-order chi connectivity index (χ0) is 19.9. The van der Waals surface area contributed by atoms with Gasteiger partial charge in [-0.05, 0) is 37.3 Å². The van der Waals surface area contributed by atoms with Crippen LogP contribution in [-0.4, -0.2) is 36.2 Å². The molecular weight excluding hydrogens is 400 g/mol. The molecule has 1 spiro atoms. The summed E-state index contributed by atoms with van der Waals surface area (Å²) in [6.07, 6.45) is 0. The summed E-state index contributed by atoms with van der Waals surface area (Å²) in [5.74, 6) is -0.875. The molecule has 0 radical (unpaired) electrons.